The van der Waals surface area contributed by atoms with Gasteiger partial charge in [0.2, 0.25) is 5.91 Å². The molecule has 0 saturated carbocycles. The molecular formula is C16H24ClN2O4P. The average molecular weight is 375 g/mol. The topological polar surface area (TPSA) is 67.9 Å². The second-order valence-electron chi connectivity index (χ2n) is 5.47. The molecule has 0 radical (unpaired) electrons. The van der Waals surface area contributed by atoms with E-state index < -0.39 is 13.8 Å². The van der Waals surface area contributed by atoms with Crippen molar-refractivity contribution < 1.29 is 18.4 Å². The van der Waals surface area contributed by atoms with Crippen LogP contribution in [-0.4, -0.2) is 36.4 Å². The molecule has 0 aliphatic carbocycles. The molecule has 1 saturated heterocycles. The Hall–Kier alpha value is -0.910. The molecule has 1 N–H and O–H groups in total. The molecule has 0 spiro atoms. The van der Waals surface area contributed by atoms with Crippen molar-refractivity contribution in [3.63, 3.8) is 0 Å². The molecule has 1 atom stereocenters. The van der Waals surface area contributed by atoms with Gasteiger partial charge in [0, 0.05) is 17.3 Å². The summed E-state index contributed by atoms with van der Waals surface area (Å²) in [5, 5.41) is 3.46. The summed E-state index contributed by atoms with van der Waals surface area (Å²) in [6.07, 6.45) is 2.37. The number of amides is 1. The number of hydrogen-bond acceptors (Lipinski definition) is 4. The Kier molecular flexibility index (Phi) is 7.26. The quantitative estimate of drug-likeness (QED) is 0.720. The highest BCUT2D eigenvalue weighted by Gasteiger charge is 2.42. The molecule has 134 valence electrons. The first-order valence-corrected chi connectivity index (χ1v) is 10.1. The molecule has 8 heteroatoms. The summed E-state index contributed by atoms with van der Waals surface area (Å²) in [6.45, 7) is 4.56. The molecule has 6 nitrogen and oxygen atoms in total. The van der Waals surface area contributed by atoms with Crippen LogP contribution in [0.5, 0.6) is 0 Å². The Morgan fingerprint density at radius 2 is 1.88 bits per heavy atom. The van der Waals surface area contributed by atoms with Crippen molar-refractivity contribution >= 4 is 30.9 Å². The molecule has 1 aliphatic heterocycles. The van der Waals surface area contributed by atoms with E-state index in [9.17, 15) is 9.36 Å². The van der Waals surface area contributed by atoms with Crippen LogP contribution in [0.2, 0.25) is 5.02 Å². The summed E-state index contributed by atoms with van der Waals surface area (Å²) in [4.78, 5) is 12.7. The van der Waals surface area contributed by atoms with Gasteiger partial charge in [-0.25, -0.2) is 4.57 Å². The first-order valence-electron chi connectivity index (χ1n) is 8.23. The van der Waals surface area contributed by atoms with Gasteiger partial charge in [0.15, 0.2) is 0 Å². The molecule has 0 aromatic heterocycles. The number of carbonyl (C=O) groups excluding carboxylic acids is 1. The third-order valence-electron chi connectivity index (χ3n) is 3.79. The molecule has 1 aliphatic rings. The van der Waals surface area contributed by atoms with Gasteiger partial charge in [-0.3, -0.25) is 13.8 Å². The molecule has 2 rings (SSSR count). The Bertz CT molecular complexity index is 586. The zero-order valence-corrected chi connectivity index (χ0v) is 15.7. The van der Waals surface area contributed by atoms with Gasteiger partial charge in [0.25, 0.3) is 0 Å². The number of anilines is 1. The maximum atomic E-state index is 13.1. The Labute approximate surface area is 148 Å². The van der Waals surface area contributed by atoms with Gasteiger partial charge in [-0.05, 0) is 51.0 Å². The molecule has 1 unspecified atom stereocenters. The fraction of sp³-hybridized carbons (Fsp3) is 0.562. The first kappa shape index (κ1) is 19.4. The second-order valence-corrected chi connectivity index (χ2v) is 7.88. The van der Waals surface area contributed by atoms with E-state index in [0.717, 1.165) is 12.8 Å². The number of halogens is 1. The van der Waals surface area contributed by atoms with Crippen molar-refractivity contribution in [3.8, 4) is 0 Å². The highest BCUT2D eigenvalue weighted by Crippen LogP contribution is 2.54. The normalized spacial score (nSPS) is 19.2. The van der Waals surface area contributed by atoms with Crippen LogP contribution in [0.25, 0.3) is 0 Å². The number of nitrogens with one attached hydrogen (secondary N) is 1. The van der Waals surface area contributed by atoms with Crippen LogP contribution in [-0.2, 0) is 18.4 Å². The molecule has 1 fully saturated rings. The van der Waals surface area contributed by atoms with Crippen LogP contribution in [0.1, 0.15) is 33.1 Å². The monoisotopic (exact) mass is 374 g/mol. The highest BCUT2D eigenvalue weighted by atomic mass is 35.5. The minimum Gasteiger partial charge on any atom is -0.325 e. The number of piperidine rings is 1. The van der Waals surface area contributed by atoms with Crippen molar-refractivity contribution in [1.29, 1.82) is 0 Å². The van der Waals surface area contributed by atoms with Crippen LogP contribution < -0.4 is 5.32 Å². The number of nitrogens with zero attached hydrogens (tertiary/aromatic N) is 1. The fourth-order valence-corrected chi connectivity index (χ4v) is 4.84. The van der Waals surface area contributed by atoms with E-state index in [0.29, 0.717) is 23.7 Å². The SMILES string of the molecule is CCOP(=O)(OCC)N1CCCCC1C(=O)Nc1ccc(Cl)cc1. The van der Waals surface area contributed by atoms with Crippen LogP contribution in [0, 0.1) is 0 Å². The van der Waals surface area contributed by atoms with E-state index in [2.05, 4.69) is 5.32 Å². The van der Waals surface area contributed by atoms with Gasteiger partial charge in [-0.2, -0.15) is 4.67 Å². The lowest BCUT2D eigenvalue weighted by Gasteiger charge is -2.37. The molecule has 1 amide bonds. The third kappa shape index (κ3) is 4.80. The number of rotatable bonds is 7. The summed E-state index contributed by atoms with van der Waals surface area (Å²) in [5.41, 5.74) is 0.651. The third-order valence-corrected chi connectivity index (χ3v) is 6.32. The van der Waals surface area contributed by atoms with Gasteiger partial charge in [0.05, 0.1) is 19.3 Å². The molecule has 1 aromatic rings. The Balaban J connectivity index is 2.16. The fourth-order valence-electron chi connectivity index (χ4n) is 2.75. The summed E-state index contributed by atoms with van der Waals surface area (Å²) in [7, 11) is -3.47. The smallest absolute Gasteiger partial charge is 0.325 e. The average Bonchev–Trinajstić information content (AvgIpc) is 2.57. The highest BCUT2D eigenvalue weighted by molar-refractivity contribution is 7.51. The zero-order valence-electron chi connectivity index (χ0n) is 14.0. The largest absolute Gasteiger partial charge is 0.408 e. The molecular weight excluding hydrogens is 351 g/mol. The lowest BCUT2D eigenvalue weighted by Crippen LogP contribution is -2.45. The first-order chi connectivity index (χ1) is 11.5. The lowest BCUT2D eigenvalue weighted by atomic mass is 10.0. The van der Waals surface area contributed by atoms with Crippen molar-refractivity contribution in [2.24, 2.45) is 0 Å². The lowest BCUT2D eigenvalue weighted by molar-refractivity contribution is -0.121. The summed E-state index contributed by atoms with van der Waals surface area (Å²) < 4.78 is 25.5. The van der Waals surface area contributed by atoms with Crippen LogP contribution >= 0.6 is 19.3 Å². The van der Waals surface area contributed by atoms with E-state index in [1.807, 2.05) is 0 Å². The zero-order chi connectivity index (χ0) is 17.6. The van der Waals surface area contributed by atoms with Gasteiger partial charge in [-0.15, -0.1) is 0 Å². The predicted molar refractivity (Wildman–Crippen MR) is 95.3 cm³/mol. The molecule has 0 bridgehead atoms. The van der Waals surface area contributed by atoms with E-state index >= 15 is 0 Å². The van der Waals surface area contributed by atoms with E-state index in [1.54, 1.807) is 42.8 Å². The van der Waals surface area contributed by atoms with Crippen molar-refractivity contribution in [3.05, 3.63) is 29.3 Å². The van der Waals surface area contributed by atoms with Gasteiger partial charge in [-0.1, -0.05) is 18.0 Å². The Morgan fingerprint density at radius 1 is 1.25 bits per heavy atom. The van der Waals surface area contributed by atoms with Gasteiger partial charge < -0.3 is 5.32 Å². The van der Waals surface area contributed by atoms with Crippen molar-refractivity contribution in [1.82, 2.24) is 4.67 Å². The van der Waals surface area contributed by atoms with E-state index in [1.165, 1.54) is 0 Å². The summed E-state index contributed by atoms with van der Waals surface area (Å²) >= 11 is 5.86. The minimum absolute atomic E-state index is 0.211. The molecule has 1 heterocycles. The van der Waals surface area contributed by atoms with E-state index in [-0.39, 0.29) is 19.1 Å². The number of hydrogen-bond donors (Lipinski definition) is 1. The second kappa shape index (κ2) is 8.97. The minimum atomic E-state index is -3.47. The maximum Gasteiger partial charge on any atom is 0.408 e. The summed E-state index contributed by atoms with van der Waals surface area (Å²) in [5.74, 6) is -0.211. The van der Waals surface area contributed by atoms with Crippen LogP contribution in [0.15, 0.2) is 24.3 Å². The van der Waals surface area contributed by atoms with Gasteiger partial charge in [0.1, 0.15) is 0 Å². The van der Waals surface area contributed by atoms with E-state index in [4.69, 9.17) is 20.6 Å². The van der Waals surface area contributed by atoms with Crippen molar-refractivity contribution in [2.75, 3.05) is 25.1 Å². The predicted octanol–water partition coefficient (Wildman–Crippen LogP) is 4.31. The summed E-state index contributed by atoms with van der Waals surface area (Å²) in [6, 6.07) is 6.34. The van der Waals surface area contributed by atoms with Gasteiger partial charge >= 0.3 is 7.75 Å². The van der Waals surface area contributed by atoms with Crippen LogP contribution in [0.4, 0.5) is 5.69 Å². The maximum absolute atomic E-state index is 13.1. The molecule has 24 heavy (non-hydrogen) atoms. The number of carbonyl (C=O) groups is 1. The number of benzene rings is 1. The van der Waals surface area contributed by atoms with Crippen LogP contribution in [0.3, 0.4) is 0 Å². The standard InChI is InChI=1S/C16H24ClN2O4P/c1-3-22-24(21,23-4-2)19-12-6-5-7-15(19)16(20)18-14-10-8-13(17)9-11-14/h8-11,15H,3-7,12H2,1-2H3,(H,18,20). The Morgan fingerprint density at radius 3 is 2.46 bits per heavy atom. The van der Waals surface area contributed by atoms with Crippen molar-refractivity contribution in [2.45, 2.75) is 39.2 Å². The molecule has 1 aromatic carbocycles.